The number of benzene rings is 1. The first-order valence-electron chi connectivity index (χ1n) is 9.78. The van der Waals surface area contributed by atoms with E-state index in [9.17, 15) is 15.0 Å². The third kappa shape index (κ3) is 1.90. The summed E-state index contributed by atoms with van der Waals surface area (Å²) in [6.07, 6.45) is 1.22. The lowest BCUT2D eigenvalue weighted by molar-refractivity contribution is -0.933. The number of hydrogen-bond donors (Lipinski definition) is 3. The molecule has 1 spiro atoms. The minimum absolute atomic E-state index is 0.0339. The Kier molecular flexibility index (Phi) is 3.33. The minimum atomic E-state index is -0.860. The van der Waals surface area contributed by atoms with E-state index in [0.29, 0.717) is 11.6 Å². The van der Waals surface area contributed by atoms with Gasteiger partial charge in [0.15, 0.2) is 0 Å². The van der Waals surface area contributed by atoms with Crippen molar-refractivity contribution in [2.45, 2.75) is 37.3 Å². The highest BCUT2D eigenvalue weighted by atomic mass is 16.5. The van der Waals surface area contributed by atoms with Gasteiger partial charge in [-0.2, -0.15) is 0 Å². The Morgan fingerprint density at radius 1 is 1.44 bits per heavy atom. The van der Waals surface area contributed by atoms with Gasteiger partial charge in [0.1, 0.15) is 11.8 Å². The number of anilines is 1. The molecule has 4 aliphatic rings. The average Bonchev–Trinajstić information content (AvgIpc) is 3.14. The molecule has 144 valence electrons. The van der Waals surface area contributed by atoms with Crippen LogP contribution in [-0.2, 0) is 10.2 Å². The molecule has 2 fully saturated rings. The molecule has 5 rings (SSSR count). The number of rotatable bonds is 3. The summed E-state index contributed by atoms with van der Waals surface area (Å²) in [6, 6.07) is 6.40. The summed E-state index contributed by atoms with van der Waals surface area (Å²) < 4.78 is 6.48. The minimum Gasteiger partial charge on any atom is -0.495 e. The van der Waals surface area contributed by atoms with E-state index in [1.807, 2.05) is 12.1 Å². The molecule has 0 saturated carbocycles. The number of fused-ring (bicyclic) bond motifs is 2. The van der Waals surface area contributed by atoms with Crippen molar-refractivity contribution >= 4 is 11.7 Å². The van der Waals surface area contributed by atoms with Crippen LogP contribution in [0.4, 0.5) is 5.69 Å². The van der Waals surface area contributed by atoms with E-state index >= 15 is 0 Å². The van der Waals surface area contributed by atoms with E-state index in [1.165, 1.54) is 5.56 Å². The number of piperidine rings is 1. The summed E-state index contributed by atoms with van der Waals surface area (Å²) >= 11 is 0. The molecule has 1 aromatic carbocycles. The van der Waals surface area contributed by atoms with Gasteiger partial charge in [-0.3, -0.25) is 0 Å². The van der Waals surface area contributed by atoms with Crippen LogP contribution < -0.4 is 10.1 Å². The smallest absolute Gasteiger partial charge is 0.333 e. The van der Waals surface area contributed by atoms with Gasteiger partial charge in [-0.15, -0.1) is 0 Å². The van der Waals surface area contributed by atoms with Crippen LogP contribution in [0.15, 0.2) is 29.5 Å². The van der Waals surface area contributed by atoms with Crippen LogP contribution in [0.1, 0.15) is 25.3 Å². The number of carboxylic acid groups (broad SMARTS) is 1. The summed E-state index contributed by atoms with van der Waals surface area (Å²) in [5.74, 6) is -0.252. The van der Waals surface area contributed by atoms with E-state index in [2.05, 4.69) is 18.4 Å². The second-order valence-corrected chi connectivity index (χ2v) is 8.97. The number of aliphatic hydroxyl groups excluding tert-OH is 1. The molecular weight excluding hydrogens is 344 g/mol. The van der Waals surface area contributed by atoms with Gasteiger partial charge in [-0.1, -0.05) is 12.1 Å². The van der Waals surface area contributed by atoms with E-state index in [1.54, 1.807) is 14.0 Å². The van der Waals surface area contributed by atoms with Crippen molar-refractivity contribution in [1.29, 1.82) is 0 Å². The molecule has 6 nitrogen and oxygen atoms in total. The van der Waals surface area contributed by atoms with Crippen molar-refractivity contribution in [2.24, 2.45) is 11.8 Å². The SMILES string of the molecule is COc1cccc2c1NC1=C(C(=O)O)[C@H]3C[C@H]4[C@]12CC[N+]4(C)C[C@H]3[C@H](C)O. The highest BCUT2D eigenvalue weighted by molar-refractivity contribution is 5.92. The van der Waals surface area contributed by atoms with Crippen molar-refractivity contribution in [1.82, 2.24) is 0 Å². The van der Waals surface area contributed by atoms with Crippen molar-refractivity contribution in [2.75, 3.05) is 32.6 Å². The predicted octanol–water partition coefficient (Wildman–Crippen LogP) is 1.95. The third-order valence-electron chi connectivity index (χ3n) is 7.87. The number of aliphatic hydroxyl groups is 1. The first kappa shape index (κ1) is 17.1. The van der Waals surface area contributed by atoms with Gasteiger partial charge in [-0.05, 0) is 18.6 Å². The number of aliphatic carboxylic acids is 1. The van der Waals surface area contributed by atoms with Crippen LogP contribution in [0, 0.1) is 11.8 Å². The first-order chi connectivity index (χ1) is 12.8. The van der Waals surface area contributed by atoms with Crippen LogP contribution in [0.5, 0.6) is 5.75 Å². The number of nitrogens with zero attached hydrogens (tertiary/aromatic N) is 1. The summed E-state index contributed by atoms with van der Waals surface area (Å²) in [6.45, 7) is 3.63. The highest BCUT2D eigenvalue weighted by Crippen LogP contribution is 2.64. The molecule has 0 amide bonds. The molecule has 6 heteroatoms. The van der Waals surface area contributed by atoms with Crippen molar-refractivity contribution in [3.05, 3.63) is 35.0 Å². The number of carbonyl (C=O) groups is 1. The zero-order valence-corrected chi connectivity index (χ0v) is 16.0. The van der Waals surface area contributed by atoms with Gasteiger partial charge in [0, 0.05) is 30.4 Å². The topological polar surface area (TPSA) is 78.8 Å². The number of ether oxygens (including phenoxy) is 1. The zero-order valence-electron chi connectivity index (χ0n) is 16.0. The Morgan fingerprint density at radius 3 is 2.89 bits per heavy atom. The Labute approximate surface area is 159 Å². The van der Waals surface area contributed by atoms with Gasteiger partial charge in [-0.25, -0.2) is 4.79 Å². The van der Waals surface area contributed by atoms with Crippen molar-refractivity contribution in [3.63, 3.8) is 0 Å². The molecule has 3 aliphatic heterocycles. The number of para-hydroxylation sites is 1. The fraction of sp³-hybridized carbons (Fsp3) is 0.571. The molecule has 0 aromatic heterocycles. The number of nitrogens with one attached hydrogen (secondary N) is 1. The third-order valence-corrected chi connectivity index (χ3v) is 7.87. The van der Waals surface area contributed by atoms with Crippen LogP contribution in [0.2, 0.25) is 0 Å². The molecular formula is C21H27N2O4+. The number of carboxylic acids is 1. The van der Waals surface area contributed by atoms with Crippen LogP contribution in [0.25, 0.3) is 0 Å². The fourth-order valence-electron chi connectivity index (χ4n) is 6.74. The van der Waals surface area contributed by atoms with Gasteiger partial charge >= 0.3 is 5.97 Å². The molecule has 1 unspecified atom stereocenters. The number of quaternary nitrogens is 1. The lowest BCUT2D eigenvalue weighted by Crippen LogP contribution is -2.65. The summed E-state index contributed by atoms with van der Waals surface area (Å²) in [5.41, 5.74) is 3.14. The van der Waals surface area contributed by atoms with Gasteiger partial charge < -0.3 is 24.7 Å². The zero-order chi connectivity index (χ0) is 19.1. The molecule has 1 aliphatic carbocycles. The molecule has 2 saturated heterocycles. The van der Waals surface area contributed by atoms with E-state index in [-0.39, 0.29) is 17.3 Å². The first-order valence-corrected chi connectivity index (χ1v) is 9.78. The van der Waals surface area contributed by atoms with E-state index in [4.69, 9.17) is 4.74 Å². The maximum absolute atomic E-state index is 12.4. The van der Waals surface area contributed by atoms with Crippen molar-refractivity contribution in [3.8, 4) is 5.75 Å². The maximum atomic E-state index is 12.4. The lowest BCUT2D eigenvalue weighted by atomic mass is 9.59. The Bertz CT molecular complexity index is 879. The van der Waals surface area contributed by atoms with Crippen LogP contribution in [0.3, 0.4) is 0 Å². The standard InChI is InChI=1S/C21H26N2O4/c1-11(24)13-10-23(2)8-7-21-14-5-4-6-15(27-3)18(14)22-19(21)17(20(25)26)12(13)9-16(21)23/h4-6,11-13,16,22,24H,7-10H2,1-3H3/p+1/t11-,12-,13-,16-,21+,23?/m0/s1. The normalized spacial score (nSPS) is 39.5. The summed E-state index contributed by atoms with van der Waals surface area (Å²) in [5, 5.41) is 24.1. The number of hydrogen-bond acceptors (Lipinski definition) is 4. The van der Waals surface area contributed by atoms with E-state index < -0.39 is 12.1 Å². The van der Waals surface area contributed by atoms with Gasteiger partial charge in [0.2, 0.25) is 0 Å². The van der Waals surface area contributed by atoms with Crippen LogP contribution >= 0.6 is 0 Å². The highest BCUT2D eigenvalue weighted by Gasteiger charge is 2.69. The summed E-state index contributed by atoms with van der Waals surface area (Å²) in [7, 11) is 3.94. The largest absolute Gasteiger partial charge is 0.495 e. The van der Waals surface area contributed by atoms with Crippen LogP contribution in [-0.4, -0.2) is 60.1 Å². The maximum Gasteiger partial charge on any atom is 0.333 e. The lowest BCUT2D eigenvalue weighted by Gasteiger charge is -2.54. The quantitative estimate of drug-likeness (QED) is 0.708. The Hall–Kier alpha value is -2.05. The monoisotopic (exact) mass is 371 g/mol. The second kappa shape index (κ2) is 5.26. The average molecular weight is 371 g/mol. The number of likely N-dealkylation sites (N-methyl/N-ethyl adjacent to an activating group) is 1. The van der Waals surface area contributed by atoms with Gasteiger partial charge in [0.05, 0.1) is 50.0 Å². The molecule has 2 bridgehead atoms. The molecule has 0 radical (unpaired) electrons. The molecule has 3 N–H and O–H groups in total. The van der Waals surface area contributed by atoms with E-state index in [0.717, 1.165) is 47.5 Å². The second-order valence-electron chi connectivity index (χ2n) is 8.97. The predicted molar refractivity (Wildman–Crippen MR) is 101 cm³/mol. The van der Waals surface area contributed by atoms with Gasteiger partial charge in [0.25, 0.3) is 0 Å². The number of methoxy groups -OCH3 is 1. The van der Waals surface area contributed by atoms with Crippen molar-refractivity contribution < 1.29 is 24.2 Å². The summed E-state index contributed by atoms with van der Waals surface area (Å²) in [4.78, 5) is 12.4. The molecule has 27 heavy (non-hydrogen) atoms. The molecule has 1 aromatic rings. The fourth-order valence-corrected chi connectivity index (χ4v) is 6.74. The molecule has 3 heterocycles. The Morgan fingerprint density at radius 2 is 2.22 bits per heavy atom. The molecule has 6 atom stereocenters. The Balaban J connectivity index is 1.82.